The predicted octanol–water partition coefficient (Wildman–Crippen LogP) is 1.45. The highest BCUT2D eigenvalue weighted by Gasteiger charge is 2.09. The monoisotopic (exact) mass is 140 g/mol. The highest BCUT2D eigenvalue weighted by molar-refractivity contribution is 7.95. The molecular formula is C5H4N2OS. The summed E-state index contributed by atoms with van der Waals surface area (Å²) in [5, 5.41) is 0. The molecule has 1 aromatic rings. The predicted molar refractivity (Wildman–Crippen MR) is 34.8 cm³/mol. The maximum Gasteiger partial charge on any atom is 0.0817 e. The maximum absolute atomic E-state index is 4.84. The summed E-state index contributed by atoms with van der Waals surface area (Å²) in [5.74, 6) is 0. The Morgan fingerprint density at radius 1 is 1.67 bits per heavy atom. The van der Waals surface area contributed by atoms with Gasteiger partial charge in [-0.1, -0.05) is 0 Å². The van der Waals surface area contributed by atoms with E-state index in [0.29, 0.717) is 0 Å². The fraction of sp³-hybridized carbons (Fsp3) is 0. The summed E-state index contributed by atoms with van der Waals surface area (Å²) < 4.78 is 4.84. The van der Waals surface area contributed by atoms with E-state index in [-0.39, 0.29) is 0 Å². The van der Waals surface area contributed by atoms with Gasteiger partial charge < -0.3 is 0 Å². The van der Waals surface area contributed by atoms with Crippen LogP contribution in [0.1, 0.15) is 0 Å². The molecule has 0 amide bonds. The molecule has 0 aliphatic carbocycles. The molecule has 0 saturated carbocycles. The molecule has 9 heavy (non-hydrogen) atoms. The Hall–Kier alpha value is -0.740. The summed E-state index contributed by atoms with van der Waals surface area (Å²) in [4.78, 5) is 4.95. The lowest BCUT2D eigenvalue weighted by Crippen LogP contribution is -1.84. The van der Waals surface area contributed by atoms with Crippen molar-refractivity contribution in [3.8, 4) is 0 Å². The second-order valence-corrected chi connectivity index (χ2v) is 2.41. The molecule has 46 valence electrons. The van der Waals surface area contributed by atoms with Gasteiger partial charge in [0, 0.05) is 12.4 Å². The van der Waals surface area contributed by atoms with Crippen molar-refractivity contribution in [2.75, 3.05) is 5.48 Å². The topological polar surface area (TPSA) is 34.1 Å². The van der Waals surface area contributed by atoms with E-state index in [9.17, 15) is 0 Å². The first-order valence-electron chi connectivity index (χ1n) is 2.50. The molecule has 0 aromatic carbocycles. The molecule has 2 heterocycles. The minimum Gasteiger partial charge on any atom is -0.263 e. The van der Waals surface area contributed by atoms with Gasteiger partial charge in [0.05, 0.1) is 22.6 Å². The third-order valence-corrected chi connectivity index (χ3v) is 1.74. The normalized spacial score (nSPS) is 14.7. The molecule has 3 nitrogen and oxygen atoms in total. The van der Waals surface area contributed by atoms with Gasteiger partial charge in [-0.05, 0) is 6.07 Å². The van der Waals surface area contributed by atoms with Gasteiger partial charge in [0.2, 0.25) is 0 Å². The average molecular weight is 140 g/mol. The van der Waals surface area contributed by atoms with Gasteiger partial charge in [-0.25, -0.2) is 0 Å². The smallest absolute Gasteiger partial charge is 0.0817 e. The minimum absolute atomic E-state index is 0.995. The van der Waals surface area contributed by atoms with Gasteiger partial charge in [-0.15, -0.1) is 0 Å². The molecule has 0 bridgehead atoms. The summed E-state index contributed by atoms with van der Waals surface area (Å²) in [6.07, 6.45) is 3.49. The van der Waals surface area contributed by atoms with Crippen molar-refractivity contribution in [1.29, 1.82) is 0 Å². The Morgan fingerprint density at radius 2 is 2.67 bits per heavy atom. The lowest BCUT2D eigenvalue weighted by atomic mass is 10.4. The minimum atomic E-state index is 0.995. The second-order valence-electron chi connectivity index (χ2n) is 1.64. The van der Waals surface area contributed by atoms with Crippen LogP contribution in [0.4, 0.5) is 5.69 Å². The number of pyridine rings is 1. The van der Waals surface area contributed by atoms with Gasteiger partial charge in [0.1, 0.15) is 0 Å². The molecule has 4 heteroatoms. The van der Waals surface area contributed by atoms with Gasteiger partial charge in [0.15, 0.2) is 0 Å². The first-order chi connectivity index (χ1) is 4.47. The Bertz CT molecular complexity index is 205. The third-order valence-electron chi connectivity index (χ3n) is 1.07. The molecular weight excluding hydrogens is 136 g/mol. The van der Waals surface area contributed by atoms with Crippen LogP contribution >= 0.6 is 12.0 Å². The van der Waals surface area contributed by atoms with E-state index >= 15 is 0 Å². The highest BCUT2D eigenvalue weighted by atomic mass is 32.2. The van der Waals surface area contributed by atoms with Crippen molar-refractivity contribution in [2.45, 2.75) is 4.90 Å². The first kappa shape index (κ1) is 5.08. The van der Waals surface area contributed by atoms with Crippen LogP contribution in [0.25, 0.3) is 0 Å². The summed E-state index contributed by atoms with van der Waals surface area (Å²) in [6.45, 7) is 0. The van der Waals surface area contributed by atoms with Crippen LogP contribution in [0.5, 0.6) is 0 Å². The molecule has 1 aliphatic heterocycles. The van der Waals surface area contributed by atoms with Crippen LogP contribution in [0, 0.1) is 0 Å². The highest BCUT2D eigenvalue weighted by Crippen LogP contribution is 2.32. The van der Waals surface area contributed by atoms with Crippen molar-refractivity contribution < 1.29 is 4.28 Å². The average Bonchev–Trinajstić information content (AvgIpc) is 2.33. The van der Waals surface area contributed by atoms with Crippen LogP contribution in [-0.4, -0.2) is 4.98 Å². The molecule has 1 aliphatic rings. The lowest BCUT2D eigenvalue weighted by molar-refractivity contribution is 0.491. The quantitative estimate of drug-likeness (QED) is 0.553. The van der Waals surface area contributed by atoms with Gasteiger partial charge in [-0.3, -0.25) is 10.5 Å². The Labute approximate surface area is 56.6 Å². The zero-order valence-electron chi connectivity index (χ0n) is 4.50. The molecule has 0 fully saturated rings. The third kappa shape index (κ3) is 0.760. The van der Waals surface area contributed by atoms with E-state index in [1.807, 2.05) is 6.07 Å². The van der Waals surface area contributed by atoms with Crippen LogP contribution in [-0.2, 0) is 4.28 Å². The fourth-order valence-electron chi connectivity index (χ4n) is 0.641. The zero-order chi connectivity index (χ0) is 6.10. The molecule has 2 rings (SSSR count). The number of aromatic nitrogens is 1. The van der Waals surface area contributed by atoms with Gasteiger partial charge >= 0.3 is 0 Å². The van der Waals surface area contributed by atoms with Gasteiger partial charge in [-0.2, -0.15) is 4.28 Å². The van der Waals surface area contributed by atoms with Crippen LogP contribution in [0.3, 0.4) is 0 Å². The number of nitrogens with zero attached hydrogens (tertiary/aromatic N) is 1. The van der Waals surface area contributed by atoms with Crippen molar-refractivity contribution in [3.63, 3.8) is 0 Å². The summed E-state index contributed by atoms with van der Waals surface area (Å²) in [7, 11) is 0. The van der Waals surface area contributed by atoms with E-state index in [0.717, 1.165) is 10.6 Å². The largest absolute Gasteiger partial charge is 0.263 e. The molecule has 1 aromatic heterocycles. The van der Waals surface area contributed by atoms with E-state index in [1.54, 1.807) is 12.4 Å². The maximum atomic E-state index is 4.84. The van der Waals surface area contributed by atoms with Crippen molar-refractivity contribution >= 4 is 17.7 Å². The summed E-state index contributed by atoms with van der Waals surface area (Å²) in [5.41, 5.74) is 3.72. The first-order valence-corrected chi connectivity index (χ1v) is 3.24. The second kappa shape index (κ2) is 1.89. The number of anilines is 1. The zero-order valence-corrected chi connectivity index (χ0v) is 5.31. The Morgan fingerprint density at radius 3 is 3.56 bits per heavy atom. The van der Waals surface area contributed by atoms with Gasteiger partial charge in [0.25, 0.3) is 0 Å². The van der Waals surface area contributed by atoms with E-state index in [2.05, 4.69) is 10.5 Å². The Balaban J connectivity index is 2.54. The molecule has 0 radical (unpaired) electrons. The number of nitrogens with one attached hydrogen (secondary N) is 1. The van der Waals surface area contributed by atoms with E-state index in [4.69, 9.17) is 4.28 Å². The summed E-state index contributed by atoms with van der Waals surface area (Å²) >= 11 is 1.29. The molecule has 0 atom stereocenters. The fourth-order valence-corrected chi connectivity index (χ4v) is 1.17. The standard InChI is InChI=1S/C5H4N2OS/c1-2-6-3-5-4(1)7-8-9-5/h1-3,7H. The summed E-state index contributed by atoms with van der Waals surface area (Å²) in [6, 6.07) is 1.87. The SMILES string of the molecule is c1cc2c(cn1)SON2. The van der Waals surface area contributed by atoms with Crippen molar-refractivity contribution in [1.82, 2.24) is 4.98 Å². The van der Waals surface area contributed by atoms with Crippen LogP contribution in [0.2, 0.25) is 0 Å². The van der Waals surface area contributed by atoms with Crippen molar-refractivity contribution in [2.24, 2.45) is 0 Å². The number of fused-ring (bicyclic) bond motifs is 1. The molecule has 0 spiro atoms. The number of hydrogen-bond acceptors (Lipinski definition) is 4. The lowest BCUT2D eigenvalue weighted by Gasteiger charge is -1.89. The molecule has 0 unspecified atom stereocenters. The van der Waals surface area contributed by atoms with Crippen LogP contribution in [0.15, 0.2) is 23.4 Å². The van der Waals surface area contributed by atoms with Crippen molar-refractivity contribution in [3.05, 3.63) is 18.5 Å². The molecule has 1 N–H and O–H groups in total. The number of rotatable bonds is 0. The molecule has 0 saturated heterocycles. The van der Waals surface area contributed by atoms with E-state index in [1.165, 1.54) is 12.0 Å². The van der Waals surface area contributed by atoms with E-state index < -0.39 is 0 Å². The Kier molecular flexibility index (Phi) is 1.07. The number of hydrogen-bond donors (Lipinski definition) is 1. The van der Waals surface area contributed by atoms with Crippen LogP contribution < -0.4 is 5.48 Å².